The molecular formula is C20H21NO6. The number of benzene rings is 2. The number of methoxy groups -OCH3 is 2. The lowest BCUT2D eigenvalue weighted by Crippen LogP contribution is -2.28. The zero-order valence-electron chi connectivity index (χ0n) is 15.1. The van der Waals surface area contributed by atoms with Crippen LogP contribution in [0.1, 0.15) is 11.1 Å². The van der Waals surface area contributed by atoms with Crippen LogP contribution in [0, 0.1) is 0 Å². The summed E-state index contributed by atoms with van der Waals surface area (Å²) in [7, 11) is 2.99. The number of amides is 1. The van der Waals surface area contributed by atoms with Crippen LogP contribution in [0.2, 0.25) is 0 Å². The SMILES string of the molecule is COc1cc(/C=C/C(=O)OCC(=O)NCc2ccccc2OC)ccc1O. The smallest absolute Gasteiger partial charge is 0.331 e. The molecule has 0 bridgehead atoms. The lowest BCUT2D eigenvalue weighted by molar-refractivity contribution is -0.143. The molecule has 2 N–H and O–H groups in total. The third kappa shape index (κ3) is 6.07. The van der Waals surface area contributed by atoms with Gasteiger partial charge >= 0.3 is 5.97 Å². The maximum absolute atomic E-state index is 11.8. The van der Waals surface area contributed by atoms with Crippen molar-refractivity contribution in [2.24, 2.45) is 0 Å². The minimum absolute atomic E-state index is 0.00365. The Hall–Kier alpha value is -3.48. The fourth-order valence-corrected chi connectivity index (χ4v) is 2.24. The van der Waals surface area contributed by atoms with E-state index in [1.54, 1.807) is 25.3 Å². The van der Waals surface area contributed by atoms with E-state index in [1.165, 1.54) is 25.3 Å². The number of rotatable bonds is 8. The molecule has 2 aromatic rings. The van der Waals surface area contributed by atoms with Gasteiger partial charge in [-0.15, -0.1) is 0 Å². The summed E-state index contributed by atoms with van der Waals surface area (Å²) in [4.78, 5) is 23.5. The Balaban J connectivity index is 1.80. The minimum atomic E-state index is -0.658. The fraction of sp³-hybridized carbons (Fsp3) is 0.200. The second kappa shape index (κ2) is 9.86. The van der Waals surface area contributed by atoms with Gasteiger partial charge in [-0.05, 0) is 29.8 Å². The van der Waals surface area contributed by atoms with E-state index in [-0.39, 0.29) is 12.3 Å². The molecule has 0 unspecified atom stereocenters. The number of esters is 1. The standard InChI is InChI=1S/C20H21NO6/c1-25-17-6-4-3-5-15(17)12-21-19(23)13-27-20(24)10-8-14-7-9-16(22)18(11-14)26-2/h3-11,22H,12-13H2,1-2H3,(H,21,23)/b10-8+. The van der Waals surface area contributed by atoms with Crippen LogP contribution in [0.4, 0.5) is 0 Å². The number of phenols is 1. The van der Waals surface area contributed by atoms with E-state index in [0.717, 1.165) is 5.56 Å². The molecule has 0 spiro atoms. The van der Waals surface area contributed by atoms with Crippen molar-refractivity contribution in [2.45, 2.75) is 6.54 Å². The highest BCUT2D eigenvalue weighted by molar-refractivity contribution is 5.89. The van der Waals surface area contributed by atoms with Gasteiger partial charge in [0, 0.05) is 18.2 Å². The molecule has 0 aliphatic rings. The lowest BCUT2D eigenvalue weighted by atomic mass is 10.2. The van der Waals surface area contributed by atoms with Gasteiger partial charge in [0.05, 0.1) is 14.2 Å². The van der Waals surface area contributed by atoms with Crippen LogP contribution in [0.5, 0.6) is 17.2 Å². The average molecular weight is 371 g/mol. The summed E-state index contributed by atoms with van der Waals surface area (Å²) in [5.41, 5.74) is 1.46. The highest BCUT2D eigenvalue weighted by Gasteiger charge is 2.07. The number of hydrogen-bond acceptors (Lipinski definition) is 6. The van der Waals surface area contributed by atoms with Crippen LogP contribution in [0.3, 0.4) is 0 Å². The second-order valence-corrected chi connectivity index (χ2v) is 5.46. The molecule has 0 saturated heterocycles. The number of hydrogen-bond donors (Lipinski definition) is 2. The summed E-state index contributed by atoms with van der Waals surface area (Å²) in [6.07, 6.45) is 2.69. The van der Waals surface area contributed by atoms with Crippen LogP contribution in [-0.4, -0.2) is 37.8 Å². The zero-order valence-corrected chi connectivity index (χ0v) is 15.1. The lowest BCUT2D eigenvalue weighted by Gasteiger charge is -2.09. The number of nitrogens with one attached hydrogen (secondary N) is 1. The maximum Gasteiger partial charge on any atom is 0.331 e. The van der Waals surface area contributed by atoms with Gasteiger partial charge in [0.1, 0.15) is 5.75 Å². The Morgan fingerprint density at radius 2 is 1.81 bits per heavy atom. The van der Waals surface area contributed by atoms with E-state index >= 15 is 0 Å². The third-order valence-corrected chi connectivity index (χ3v) is 3.63. The monoisotopic (exact) mass is 371 g/mol. The summed E-state index contributed by atoms with van der Waals surface area (Å²) in [5, 5.41) is 12.2. The van der Waals surface area contributed by atoms with Crippen molar-refractivity contribution in [3.63, 3.8) is 0 Å². The molecule has 142 valence electrons. The van der Waals surface area contributed by atoms with Gasteiger partial charge in [0.25, 0.3) is 5.91 Å². The molecule has 7 nitrogen and oxygen atoms in total. The predicted molar refractivity (Wildman–Crippen MR) is 99.5 cm³/mol. The van der Waals surface area contributed by atoms with Crippen LogP contribution in [-0.2, 0) is 20.9 Å². The van der Waals surface area contributed by atoms with Crippen molar-refractivity contribution in [1.82, 2.24) is 5.32 Å². The van der Waals surface area contributed by atoms with Gasteiger partial charge in [-0.1, -0.05) is 24.3 Å². The molecule has 2 aromatic carbocycles. The predicted octanol–water partition coefficient (Wildman–Crippen LogP) is 2.28. The summed E-state index contributed by atoms with van der Waals surface area (Å²) < 4.78 is 15.1. The van der Waals surface area contributed by atoms with Crippen molar-refractivity contribution in [3.05, 3.63) is 59.7 Å². The largest absolute Gasteiger partial charge is 0.504 e. The quantitative estimate of drug-likeness (QED) is 0.546. The first-order chi connectivity index (χ1) is 13.0. The van der Waals surface area contributed by atoms with Crippen molar-refractivity contribution < 1.29 is 28.9 Å². The second-order valence-electron chi connectivity index (χ2n) is 5.46. The van der Waals surface area contributed by atoms with Crippen LogP contribution in [0.25, 0.3) is 6.08 Å². The number of phenolic OH excluding ortho intramolecular Hbond substituents is 1. The van der Waals surface area contributed by atoms with Gasteiger partial charge in [-0.3, -0.25) is 4.79 Å². The average Bonchev–Trinajstić information content (AvgIpc) is 2.70. The molecule has 0 radical (unpaired) electrons. The summed E-state index contributed by atoms with van der Waals surface area (Å²) in [5.74, 6) is -0.115. The Bertz CT molecular complexity index is 831. The molecule has 0 aromatic heterocycles. The molecule has 1 amide bonds. The highest BCUT2D eigenvalue weighted by atomic mass is 16.5. The number of aromatic hydroxyl groups is 1. The minimum Gasteiger partial charge on any atom is -0.504 e. The highest BCUT2D eigenvalue weighted by Crippen LogP contribution is 2.26. The Morgan fingerprint density at radius 3 is 2.56 bits per heavy atom. The number of carbonyl (C=O) groups is 2. The van der Waals surface area contributed by atoms with Crippen molar-refractivity contribution >= 4 is 18.0 Å². The van der Waals surface area contributed by atoms with Crippen LogP contribution < -0.4 is 14.8 Å². The summed E-state index contributed by atoms with van der Waals surface area (Å²) in [6, 6.07) is 11.9. The first-order valence-electron chi connectivity index (χ1n) is 8.14. The number of carbonyl (C=O) groups excluding carboxylic acids is 2. The Morgan fingerprint density at radius 1 is 1.07 bits per heavy atom. The molecular weight excluding hydrogens is 350 g/mol. The Labute approximate surface area is 157 Å². The fourth-order valence-electron chi connectivity index (χ4n) is 2.24. The molecule has 0 fully saturated rings. The molecule has 0 aliphatic heterocycles. The summed E-state index contributed by atoms with van der Waals surface area (Å²) in [6.45, 7) is -0.124. The van der Waals surface area contributed by atoms with Crippen LogP contribution in [0.15, 0.2) is 48.5 Å². The van der Waals surface area contributed by atoms with Gasteiger partial charge in [0.15, 0.2) is 18.1 Å². The number of para-hydroxylation sites is 1. The van der Waals surface area contributed by atoms with Crippen molar-refractivity contribution in [3.8, 4) is 17.2 Å². The van der Waals surface area contributed by atoms with E-state index in [2.05, 4.69) is 5.32 Å². The van der Waals surface area contributed by atoms with Gasteiger partial charge < -0.3 is 24.6 Å². The van der Waals surface area contributed by atoms with Crippen molar-refractivity contribution in [1.29, 1.82) is 0 Å². The van der Waals surface area contributed by atoms with E-state index < -0.39 is 18.5 Å². The topological polar surface area (TPSA) is 94.1 Å². The molecule has 0 heterocycles. The van der Waals surface area contributed by atoms with Gasteiger partial charge in [-0.25, -0.2) is 4.79 Å². The first kappa shape index (κ1) is 19.8. The number of ether oxygens (including phenoxy) is 3. The first-order valence-corrected chi connectivity index (χ1v) is 8.14. The van der Waals surface area contributed by atoms with E-state index in [4.69, 9.17) is 14.2 Å². The van der Waals surface area contributed by atoms with Gasteiger partial charge in [0.2, 0.25) is 0 Å². The summed E-state index contributed by atoms with van der Waals surface area (Å²) >= 11 is 0. The molecule has 2 rings (SSSR count). The molecule has 0 saturated carbocycles. The normalized spacial score (nSPS) is 10.4. The molecule has 7 heteroatoms. The maximum atomic E-state index is 11.8. The molecule has 27 heavy (non-hydrogen) atoms. The zero-order chi connectivity index (χ0) is 19.6. The van der Waals surface area contributed by atoms with E-state index in [9.17, 15) is 14.7 Å². The molecule has 0 aliphatic carbocycles. The van der Waals surface area contributed by atoms with Crippen LogP contribution >= 0.6 is 0 Å². The van der Waals surface area contributed by atoms with E-state index in [0.29, 0.717) is 17.1 Å². The van der Waals surface area contributed by atoms with Crippen molar-refractivity contribution in [2.75, 3.05) is 20.8 Å². The Kier molecular flexibility index (Phi) is 7.25. The van der Waals surface area contributed by atoms with E-state index in [1.807, 2.05) is 18.2 Å². The third-order valence-electron chi connectivity index (χ3n) is 3.63. The molecule has 0 atom stereocenters. The van der Waals surface area contributed by atoms with Gasteiger partial charge in [-0.2, -0.15) is 0 Å².